The Labute approximate surface area is 144 Å². The molecule has 6 nitrogen and oxygen atoms in total. The van der Waals surface area contributed by atoms with Crippen LogP contribution in [0.2, 0.25) is 0 Å². The Morgan fingerprint density at radius 1 is 1.17 bits per heavy atom. The Morgan fingerprint density at radius 3 is 2.62 bits per heavy atom. The number of methoxy groups -OCH3 is 1. The molecule has 24 heavy (non-hydrogen) atoms. The second kappa shape index (κ2) is 6.26. The van der Waals surface area contributed by atoms with Gasteiger partial charge in [-0.15, -0.1) is 11.3 Å². The number of anilines is 2. The van der Waals surface area contributed by atoms with Crippen molar-refractivity contribution in [2.75, 3.05) is 43.9 Å². The lowest BCUT2D eigenvalue weighted by atomic mass is 10.1. The number of thiophene rings is 1. The van der Waals surface area contributed by atoms with Crippen LogP contribution < -0.4 is 20.7 Å². The van der Waals surface area contributed by atoms with E-state index in [2.05, 4.69) is 37.7 Å². The third-order valence-electron chi connectivity index (χ3n) is 4.25. The summed E-state index contributed by atoms with van der Waals surface area (Å²) in [5.74, 6) is 2.12. The highest BCUT2D eigenvalue weighted by atomic mass is 32.1. The maximum atomic E-state index is 5.94. The number of hydrogen-bond donors (Lipinski definition) is 2. The molecule has 4 rings (SSSR count). The topological polar surface area (TPSA) is 76.3 Å². The van der Waals surface area contributed by atoms with E-state index in [1.165, 1.54) is 0 Å². The number of nitrogen functional groups attached to an aromatic ring is 1. The molecular formula is C17H19N5OS. The normalized spacial score (nSPS) is 15.0. The molecule has 1 aliphatic heterocycles. The Balaban J connectivity index is 1.86. The highest BCUT2D eigenvalue weighted by molar-refractivity contribution is 7.17. The molecule has 1 fully saturated rings. The highest BCUT2D eigenvalue weighted by Gasteiger charge is 2.20. The van der Waals surface area contributed by atoms with E-state index in [0.29, 0.717) is 5.95 Å². The number of rotatable bonds is 3. The second-order valence-corrected chi connectivity index (χ2v) is 6.56. The fourth-order valence-corrected chi connectivity index (χ4v) is 3.98. The Bertz CT molecular complexity index is 855. The van der Waals surface area contributed by atoms with Gasteiger partial charge in [0.1, 0.15) is 16.4 Å². The molecule has 0 spiro atoms. The van der Waals surface area contributed by atoms with Gasteiger partial charge in [-0.25, -0.2) is 4.98 Å². The van der Waals surface area contributed by atoms with Crippen LogP contribution in [0.25, 0.3) is 21.3 Å². The van der Waals surface area contributed by atoms with Crippen LogP contribution in [0.15, 0.2) is 29.6 Å². The van der Waals surface area contributed by atoms with Crippen molar-refractivity contribution in [2.45, 2.75) is 0 Å². The van der Waals surface area contributed by atoms with Crippen LogP contribution in [0.3, 0.4) is 0 Å². The first-order valence-corrected chi connectivity index (χ1v) is 8.79. The van der Waals surface area contributed by atoms with Gasteiger partial charge >= 0.3 is 0 Å². The van der Waals surface area contributed by atoms with E-state index < -0.39 is 0 Å². The van der Waals surface area contributed by atoms with Crippen molar-refractivity contribution in [1.82, 2.24) is 15.3 Å². The van der Waals surface area contributed by atoms with E-state index in [-0.39, 0.29) is 0 Å². The van der Waals surface area contributed by atoms with E-state index in [1.54, 1.807) is 18.4 Å². The molecule has 124 valence electrons. The van der Waals surface area contributed by atoms with Crippen molar-refractivity contribution < 1.29 is 4.74 Å². The highest BCUT2D eigenvalue weighted by Crippen LogP contribution is 2.39. The third kappa shape index (κ3) is 2.65. The Kier molecular flexibility index (Phi) is 3.95. The summed E-state index contributed by atoms with van der Waals surface area (Å²) in [6.45, 7) is 3.74. The van der Waals surface area contributed by atoms with E-state index in [9.17, 15) is 0 Å². The molecule has 1 aliphatic rings. The zero-order chi connectivity index (χ0) is 16.5. The molecule has 3 heterocycles. The van der Waals surface area contributed by atoms with E-state index in [0.717, 1.165) is 59.1 Å². The first kappa shape index (κ1) is 15.2. The average Bonchev–Trinajstić information content (AvgIpc) is 3.05. The maximum Gasteiger partial charge on any atom is 0.223 e. The number of aromatic nitrogens is 2. The maximum absolute atomic E-state index is 5.94. The van der Waals surface area contributed by atoms with Crippen molar-refractivity contribution in [3.63, 3.8) is 0 Å². The summed E-state index contributed by atoms with van der Waals surface area (Å²) in [4.78, 5) is 12.2. The van der Waals surface area contributed by atoms with Crippen molar-refractivity contribution in [2.24, 2.45) is 0 Å². The van der Waals surface area contributed by atoms with Crippen molar-refractivity contribution in [3.8, 4) is 16.9 Å². The predicted octanol–water partition coefficient (Wildman–Crippen LogP) is 2.36. The first-order chi connectivity index (χ1) is 11.8. The minimum atomic E-state index is 0.333. The van der Waals surface area contributed by atoms with Gasteiger partial charge in [-0.05, 0) is 17.7 Å². The van der Waals surface area contributed by atoms with Crippen molar-refractivity contribution in [1.29, 1.82) is 0 Å². The summed E-state index contributed by atoms with van der Waals surface area (Å²) in [5.41, 5.74) is 8.22. The van der Waals surface area contributed by atoms with Crippen LogP contribution in [0.5, 0.6) is 5.75 Å². The number of nitrogens with one attached hydrogen (secondary N) is 1. The summed E-state index contributed by atoms with van der Waals surface area (Å²) in [5, 5.41) is 6.59. The zero-order valence-electron chi connectivity index (χ0n) is 13.5. The number of ether oxygens (including phenoxy) is 1. The molecule has 0 unspecified atom stereocenters. The van der Waals surface area contributed by atoms with Crippen molar-refractivity contribution >= 4 is 33.3 Å². The average molecular weight is 341 g/mol. The smallest absolute Gasteiger partial charge is 0.223 e. The molecule has 0 aliphatic carbocycles. The molecule has 0 bridgehead atoms. The van der Waals surface area contributed by atoms with Gasteiger partial charge in [0.15, 0.2) is 0 Å². The molecule has 0 saturated carbocycles. The number of fused-ring (bicyclic) bond motifs is 1. The van der Waals surface area contributed by atoms with Gasteiger partial charge in [0.2, 0.25) is 5.95 Å². The molecule has 2 aromatic heterocycles. The molecule has 1 aromatic carbocycles. The quantitative estimate of drug-likeness (QED) is 0.762. The van der Waals surface area contributed by atoms with Gasteiger partial charge in [-0.1, -0.05) is 12.1 Å². The summed E-state index contributed by atoms with van der Waals surface area (Å²) in [6.07, 6.45) is 0. The molecule has 1 saturated heterocycles. The summed E-state index contributed by atoms with van der Waals surface area (Å²) >= 11 is 1.61. The number of nitrogens with zero attached hydrogens (tertiary/aromatic N) is 3. The minimum Gasteiger partial charge on any atom is -0.497 e. The Hall–Kier alpha value is -2.38. The lowest BCUT2D eigenvalue weighted by molar-refractivity contribution is 0.415. The van der Waals surface area contributed by atoms with Gasteiger partial charge < -0.3 is 20.7 Å². The van der Waals surface area contributed by atoms with E-state index in [1.807, 2.05) is 12.1 Å². The largest absolute Gasteiger partial charge is 0.497 e. The second-order valence-electron chi connectivity index (χ2n) is 5.70. The van der Waals surface area contributed by atoms with Crippen LogP contribution in [0.1, 0.15) is 0 Å². The molecule has 3 N–H and O–H groups in total. The molecule has 7 heteroatoms. The number of hydrogen-bond acceptors (Lipinski definition) is 7. The number of piperazine rings is 1. The summed E-state index contributed by atoms with van der Waals surface area (Å²) < 4.78 is 5.25. The van der Waals surface area contributed by atoms with E-state index >= 15 is 0 Å². The molecule has 0 amide bonds. The number of nitrogens with two attached hydrogens (primary N) is 1. The first-order valence-electron chi connectivity index (χ1n) is 7.91. The van der Waals surface area contributed by atoms with Gasteiger partial charge in [0.25, 0.3) is 0 Å². The molecule has 3 aromatic rings. The number of benzene rings is 1. The fourth-order valence-electron chi connectivity index (χ4n) is 3.03. The molecule has 0 radical (unpaired) electrons. The SMILES string of the molecule is COc1ccc(-c2csc3nc(N)nc(N4CCNCC4)c23)cc1. The van der Waals surface area contributed by atoms with Crippen LogP contribution in [0.4, 0.5) is 11.8 Å². The van der Waals surface area contributed by atoms with Crippen LogP contribution >= 0.6 is 11.3 Å². The van der Waals surface area contributed by atoms with Gasteiger partial charge in [-0.2, -0.15) is 4.98 Å². The Morgan fingerprint density at radius 2 is 1.92 bits per heavy atom. The van der Waals surface area contributed by atoms with Crippen LogP contribution in [0, 0.1) is 0 Å². The van der Waals surface area contributed by atoms with Gasteiger partial charge in [0.05, 0.1) is 12.5 Å². The molecular weight excluding hydrogens is 322 g/mol. The fraction of sp³-hybridized carbons (Fsp3) is 0.294. The standard InChI is InChI=1S/C17H19N5OS/c1-23-12-4-2-11(3-5-12)13-10-24-16-14(13)15(20-17(18)21-16)22-8-6-19-7-9-22/h2-5,10,19H,6-9H2,1H3,(H2,18,20,21). The summed E-state index contributed by atoms with van der Waals surface area (Å²) in [7, 11) is 1.67. The van der Waals surface area contributed by atoms with Crippen LogP contribution in [-0.4, -0.2) is 43.3 Å². The monoisotopic (exact) mass is 341 g/mol. The third-order valence-corrected chi connectivity index (χ3v) is 5.12. The van der Waals surface area contributed by atoms with Crippen molar-refractivity contribution in [3.05, 3.63) is 29.6 Å². The summed E-state index contributed by atoms with van der Waals surface area (Å²) in [6, 6.07) is 8.08. The lowest BCUT2D eigenvalue weighted by Crippen LogP contribution is -2.44. The van der Waals surface area contributed by atoms with Gasteiger partial charge in [0, 0.05) is 37.1 Å². The van der Waals surface area contributed by atoms with Gasteiger partial charge in [-0.3, -0.25) is 0 Å². The predicted molar refractivity (Wildman–Crippen MR) is 98.9 cm³/mol. The molecule has 0 atom stereocenters. The van der Waals surface area contributed by atoms with E-state index in [4.69, 9.17) is 10.5 Å². The zero-order valence-corrected chi connectivity index (χ0v) is 14.3. The minimum absolute atomic E-state index is 0.333. The van der Waals surface area contributed by atoms with Crippen LogP contribution in [-0.2, 0) is 0 Å². The lowest BCUT2D eigenvalue weighted by Gasteiger charge is -2.29.